The molecule has 0 radical (unpaired) electrons. The summed E-state index contributed by atoms with van der Waals surface area (Å²) in [7, 11) is 0. The predicted molar refractivity (Wildman–Crippen MR) is 101 cm³/mol. The molecular weight excluding hydrogens is 399 g/mol. The van der Waals surface area contributed by atoms with Crippen molar-refractivity contribution in [3.05, 3.63) is 53.9 Å². The average Bonchev–Trinajstić information content (AvgIpc) is 3.40. The summed E-state index contributed by atoms with van der Waals surface area (Å²) in [6.07, 6.45) is -1.31. The zero-order chi connectivity index (χ0) is 21.3. The number of fused-ring (bicyclic) bond motifs is 1. The number of rotatable bonds is 3. The number of carbonyl (C=O) groups is 2. The number of alkyl halides is 3. The number of nitrogens with zero attached hydrogens (tertiary/aromatic N) is 3. The number of hydrogen-bond donors (Lipinski definition) is 2. The molecule has 4 rings (SSSR count). The van der Waals surface area contributed by atoms with E-state index in [-0.39, 0.29) is 28.9 Å². The summed E-state index contributed by atoms with van der Waals surface area (Å²) in [6.45, 7) is 0. The number of amides is 2. The van der Waals surface area contributed by atoms with Crippen molar-refractivity contribution in [1.29, 1.82) is 0 Å². The molecule has 1 aromatic carbocycles. The minimum atomic E-state index is -4.71. The van der Waals surface area contributed by atoms with Crippen LogP contribution in [0.1, 0.15) is 41.9 Å². The van der Waals surface area contributed by atoms with E-state index in [0.29, 0.717) is 10.1 Å². The second-order valence-electron chi connectivity index (χ2n) is 7.11. The zero-order valence-corrected chi connectivity index (χ0v) is 15.7. The number of halogens is 3. The van der Waals surface area contributed by atoms with Crippen molar-refractivity contribution in [2.75, 3.05) is 0 Å². The molecule has 2 N–H and O–H groups in total. The van der Waals surface area contributed by atoms with Crippen LogP contribution in [-0.2, 0) is 11.0 Å². The van der Waals surface area contributed by atoms with Gasteiger partial charge in [0.2, 0.25) is 5.91 Å². The Kier molecular flexibility index (Phi) is 5.15. The number of aromatic nitrogens is 3. The van der Waals surface area contributed by atoms with Crippen LogP contribution in [0.15, 0.2) is 42.5 Å². The highest BCUT2D eigenvalue weighted by Gasteiger charge is 2.35. The molecule has 0 atom stereocenters. The maximum absolute atomic E-state index is 13.6. The van der Waals surface area contributed by atoms with Crippen molar-refractivity contribution in [3.8, 4) is 11.3 Å². The minimum Gasteiger partial charge on any atom is -0.273 e. The van der Waals surface area contributed by atoms with E-state index in [4.69, 9.17) is 0 Å². The van der Waals surface area contributed by atoms with E-state index in [1.165, 1.54) is 0 Å². The second kappa shape index (κ2) is 7.77. The van der Waals surface area contributed by atoms with Crippen molar-refractivity contribution < 1.29 is 22.8 Å². The molecule has 30 heavy (non-hydrogen) atoms. The van der Waals surface area contributed by atoms with Crippen molar-refractivity contribution in [3.63, 3.8) is 0 Å². The molecule has 2 heterocycles. The van der Waals surface area contributed by atoms with Crippen LogP contribution in [0.2, 0.25) is 0 Å². The van der Waals surface area contributed by atoms with Gasteiger partial charge in [-0.3, -0.25) is 20.4 Å². The van der Waals surface area contributed by atoms with Crippen LogP contribution >= 0.6 is 0 Å². The second-order valence-corrected chi connectivity index (χ2v) is 7.11. The highest BCUT2D eigenvalue weighted by atomic mass is 19.4. The molecule has 1 aliphatic rings. The molecule has 2 aromatic heterocycles. The van der Waals surface area contributed by atoms with Crippen molar-refractivity contribution in [2.24, 2.45) is 5.92 Å². The van der Waals surface area contributed by atoms with E-state index in [9.17, 15) is 22.8 Å². The lowest BCUT2D eigenvalue weighted by molar-refractivity contribution is -0.142. The molecule has 3 aromatic rings. The predicted octanol–water partition coefficient (Wildman–Crippen LogP) is 3.37. The number of benzene rings is 1. The lowest BCUT2D eigenvalue weighted by Crippen LogP contribution is -2.44. The third kappa shape index (κ3) is 3.98. The summed E-state index contributed by atoms with van der Waals surface area (Å²) in [5.41, 5.74) is 3.68. The number of nitrogens with one attached hydrogen (secondary N) is 2. The van der Waals surface area contributed by atoms with Crippen LogP contribution in [0.4, 0.5) is 13.2 Å². The maximum Gasteiger partial charge on any atom is 0.433 e. The van der Waals surface area contributed by atoms with Gasteiger partial charge >= 0.3 is 6.18 Å². The van der Waals surface area contributed by atoms with Crippen molar-refractivity contribution in [1.82, 2.24) is 25.4 Å². The molecule has 1 aliphatic carbocycles. The Bertz CT molecular complexity index is 1090. The van der Waals surface area contributed by atoms with Crippen LogP contribution < -0.4 is 10.9 Å². The van der Waals surface area contributed by atoms with Crippen molar-refractivity contribution in [2.45, 2.75) is 31.9 Å². The smallest absolute Gasteiger partial charge is 0.273 e. The number of hydrogen-bond acceptors (Lipinski definition) is 4. The first kappa shape index (κ1) is 19.9. The first-order valence-corrected chi connectivity index (χ1v) is 9.46. The highest BCUT2D eigenvalue weighted by Crippen LogP contribution is 2.32. The van der Waals surface area contributed by atoms with E-state index < -0.39 is 17.8 Å². The summed E-state index contributed by atoms with van der Waals surface area (Å²) in [5.74, 6) is -1.30. The average molecular weight is 417 g/mol. The Morgan fingerprint density at radius 1 is 1.03 bits per heavy atom. The lowest BCUT2D eigenvalue weighted by Gasteiger charge is -2.11. The van der Waals surface area contributed by atoms with Crippen LogP contribution in [0.25, 0.3) is 16.9 Å². The molecule has 1 fully saturated rings. The standard InChI is InChI=1S/C20H18F3N5O2/c21-20(22,23)16-10-14(12-6-2-1-3-7-12)24-17-11-15(27-28(16)17)19(30)26-25-18(29)13-8-4-5-9-13/h1-3,6-7,10-11,13H,4-5,8-9H2,(H,25,29)(H,26,30). The van der Waals surface area contributed by atoms with Gasteiger partial charge in [0.05, 0.1) is 5.69 Å². The summed E-state index contributed by atoms with van der Waals surface area (Å²) >= 11 is 0. The monoisotopic (exact) mass is 417 g/mol. The van der Waals surface area contributed by atoms with E-state index in [0.717, 1.165) is 37.8 Å². The Morgan fingerprint density at radius 3 is 2.40 bits per heavy atom. The molecule has 156 valence electrons. The van der Waals surface area contributed by atoms with E-state index in [2.05, 4.69) is 20.9 Å². The summed E-state index contributed by atoms with van der Waals surface area (Å²) in [5, 5.41) is 3.76. The first-order chi connectivity index (χ1) is 14.3. The largest absolute Gasteiger partial charge is 0.433 e. The Morgan fingerprint density at radius 2 is 1.73 bits per heavy atom. The fourth-order valence-electron chi connectivity index (χ4n) is 3.52. The molecule has 0 bridgehead atoms. The topological polar surface area (TPSA) is 88.4 Å². The SMILES string of the molecule is O=C(NNC(=O)C1CCCC1)c1cc2nc(-c3ccccc3)cc(C(F)(F)F)n2n1. The van der Waals surface area contributed by atoms with Gasteiger partial charge in [0.15, 0.2) is 17.0 Å². The number of hydrazine groups is 1. The van der Waals surface area contributed by atoms with Gasteiger partial charge in [-0.15, -0.1) is 0 Å². The molecule has 1 saturated carbocycles. The van der Waals surface area contributed by atoms with Gasteiger partial charge in [-0.05, 0) is 18.9 Å². The number of carbonyl (C=O) groups excluding carboxylic acids is 2. The van der Waals surface area contributed by atoms with Crippen LogP contribution in [-0.4, -0.2) is 26.4 Å². The molecule has 0 aliphatic heterocycles. The van der Waals surface area contributed by atoms with Gasteiger partial charge in [-0.1, -0.05) is 43.2 Å². The third-order valence-corrected chi connectivity index (χ3v) is 5.05. The van der Waals surface area contributed by atoms with Crippen LogP contribution in [0.3, 0.4) is 0 Å². The highest BCUT2D eigenvalue weighted by molar-refractivity contribution is 5.94. The van der Waals surface area contributed by atoms with Gasteiger partial charge in [-0.2, -0.15) is 18.3 Å². The summed E-state index contributed by atoms with van der Waals surface area (Å²) in [4.78, 5) is 28.6. The van der Waals surface area contributed by atoms with E-state index in [1.54, 1.807) is 30.3 Å². The van der Waals surface area contributed by atoms with Crippen LogP contribution in [0.5, 0.6) is 0 Å². The van der Waals surface area contributed by atoms with Crippen molar-refractivity contribution >= 4 is 17.5 Å². The molecule has 2 amide bonds. The van der Waals surface area contributed by atoms with E-state index >= 15 is 0 Å². The first-order valence-electron chi connectivity index (χ1n) is 9.46. The van der Waals surface area contributed by atoms with Gasteiger partial charge in [0.1, 0.15) is 0 Å². The maximum atomic E-state index is 13.6. The molecular formula is C20H18F3N5O2. The van der Waals surface area contributed by atoms with Gasteiger partial charge in [0, 0.05) is 17.5 Å². The third-order valence-electron chi connectivity index (χ3n) is 5.05. The molecule has 0 saturated heterocycles. The van der Waals surface area contributed by atoms with Gasteiger partial charge < -0.3 is 0 Å². The Labute approximate surface area is 169 Å². The molecule has 7 nitrogen and oxygen atoms in total. The molecule has 0 unspecified atom stereocenters. The lowest BCUT2D eigenvalue weighted by atomic mass is 10.1. The van der Waals surface area contributed by atoms with Crippen LogP contribution in [0, 0.1) is 5.92 Å². The molecule has 10 heteroatoms. The minimum absolute atomic E-state index is 0.108. The molecule has 0 spiro atoms. The quantitative estimate of drug-likeness (QED) is 0.640. The normalized spacial score (nSPS) is 14.8. The fourth-order valence-corrected chi connectivity index (χ4v) is 3.52. The zero-order valence-electron chi connectivity index (χ0n) is 15.7. The van der Waals surface area contributed by atoms with Gasteiger partial charge in [0.25, 0.3) is 5.91 Å². The summed E-state index contributed by atoms with van der Waals surface area (Å²) in [6, 6.07) is 10.4. The Hall–Kier alpha value is -3.43. The Balaban J connectivity index is 1.63. The fraction of sp³-hybridized carbons (Fsp3) is 0.300. The van der Waals surface area contributed by atoms with E-state index in [1.807, 2.05) is 0 Å². The van der Waals surface area contributed by atoms with Gasteiger partial charge in [-0.25, -0.2) is 9.50 Å². The summed E-state index contributed by atoms with van der Waals surface area (Å²) < 4.78 is 41.4.